The molecule has 1 aromatic rings. The summed E-state index contributed by atoms with van der Waals surface area (Å²) in [5.74, 6) is 0.226. The molecule has 0 aromatic carbocycles. The van der Waals surface area contributed by atoms with E-state index < -0.39 is 0 Å². The van der Waals surface area contributed by atoms with Crippen molar-refractivity contribution in [2.24, 2.45) is 0 Å². The molecule has 1 saturated heterocycles. The van der Waals surface area contributed by atoms with Crippen molar-refractivity contribution in [3.63, 3.8) is 0 Å². The zero-order valence-corrected chi connectivity index (χ0v) is 9.49. The second-order valence-corrected chi connectivity index (χ2v) is 4.95. The Labute approximate surface area is 88.5 Å². The van der Waals surface area contributed by atoms with Crippen LogP contribution in [0.5, 0.6) is 0 Å². The lowest BCUT2D eigenvalue weighted by Crippen LogP contribution is -2.41. The molecule has 1 aliphatic heterocycles. The van der Waals surface area contributed by atoms with E-state index in [1.807, 2.05) is 4.90 Å². The zero-order chi connectivity index (χ0) is 10.1. The number of hydrogen-bond donors (Lipinski definition) is 0. The highest BCUT2D eigenvalue weighted by molar-refractivity contribution is 7.14. The van der Waals surface area contributed by atoms with Gasteiger partial charge < -0.3 is 4.90 Å². The lowest BCUT2D eigenvalue weighted by molar-refractivity contribution is 0.0657. The molecular weight excluding hydrogens is 194 g/mol. The summed E-state index contributed by atoms with van der Waals surface area (Å²) in [7, 11) is 0. The van der Waals surface area contributed by atoms with E-state index in [-0.39, 0.29) is 5.91 Å². The van der Waals surface area contributed by atoms with Crippen LogP contribution in [0.25, 0.3) is 0 Å². The molecule has 2 nitrogen and oxygen atoms in total. The predicted octanol–water partition coefficient (Wildman–Crippen LogP) is 2.46. The Morgan fingerprint density at radius 2 is 2.29 bits per heavy atom. The molecule has 14 heavy (non-hydrogen) atoms. The van der Waals surface area contributed by atoms with E-state index in [0.717, 1.165) is 30.8 Å². The molecule has 0 radical (unpaired) electrons. The van der Waals surface area contributed by atoms with Crippen molar-refractivity contribution < 1.29 is 4.79 Å². The first-order valence-electron chi connectivity index (χ1n) is 5.11. The van der Waals surface area contributed by atoms with Crippen molar-refractivity contribution >= 4 is 17.2 Å². The van der Waals surface area contributed by atoms with E-state index in [9.17, 15) is 4.79 Å². The van der Waals surface area contributed by atoms with Gasteiger partial charge in [-0.05, 0) is 31.4 Å². The first-order valence-corrected chi connectivity index (χ1v) is 5.92. The molecule has 0 atom stereocenters. The second kappa shape index (κ2) is 3.73. The number of aryl methyl sites for hydroxylation is 2. The largest absolute Gasteiger partial charge is 0.338 e. The van der Waals surface area contributed by atoms with E-state index in [4.69, 9.17) is 0 Å². The summed E-state index contributed by atoms with van der Waals surface area (Å²) < 4.78 is 0. The van der Waals surface area contributed by atoms with E-state index in [2.05, 4.69) is 19.9 Å². The van der Waals surface area contributed by atoms with Crippen LogP contribution in [0.1, 0.15) is 33.5 Å². The van der Waals surface area contributed by atoms with Gasteiger partial charge >= 0.3 is 0 Å². The Hall–Kier alpha value is -0.830. The van der Waals surface area contributed by atoms with E-state index in [1.165, 1.54) is 10.4 Å². The fraction of sp³-hybridized carbons (Fsp3) is 0.545. The van der Waals surface area contributed by atoms with E-state index >= 15 is 0 Å². The van der Waals surface area contributed by atoms with Crippen molar-refractivity contribution in [1.82, 2.24) is 4.90 Å². The minimum absolute atomic E-state index is 0.226. The standard InChI is InChI=1S/C11H15NOS/c1-3-9-7-10(14-8(9)2)11(13)12-5-4-6-12/h7H,3-6H2,1-2H3. The number of carbonyl (C=O) groups is 1. The van der Waals surface area contributed by atoms with Gasteiger partial charge in [-0.2, -0.15) is 0 Å². The maximum atomic E-state index is 11.8. The molecule has 1 aliphatic rings. The minimum Gasteiger partial charge on any atom is -0.338 e. The van der Waals surface area contributed by atoms with Crippen LogP contribution in [-0.4, -0.2) is 23.9 Å². The van der Waals surface area contributed by atoms with Crippen LogP contribution >= 0.6 is 11.3 Å². The molecule has 2 rings (SSSR count). The summed E-state index contributed by atoms with van der Waals surface area (Å²) in [5.41, 5.74) is 1.32. The number of carbonyl (C=O) groups excluding carboxylic acids is 1. The third-order valence-electron chi connectivity index (χ3n) is 2.76. The summed E-state index contributed by atoms with van der Waals surface area (Å²) in [6.07, 6.45) is 2.19. The quantitative estimate of drug-likeness (QED) is 0.732. The van der Waals surface area contributed by atoms with Gasteiger partial charge in [0.2, 0.25) is 0 Å². The van der Waals surface area contributed by atoms with E-state index in [1.54, 1.807) is 11.3 Å². The Morgan fingerprint density at radius 1 is 1.57 bits per heavy atom. The first-order chi connectivity index (χ1) is 6.72. The van der Waals surface area contributed by atoms with Gasteiger partial charge in [0.15, 0.2) is 0 Å². The number of hydrogen-bond acceptors (Lipinski definition) is 2. The van der Waals surface area contributed by atoms with Crippen LogP contribution in [0.15, 0.2) is 6.07 Å². The van der Waals surface area contributed by atoms with Crippen molar-refractivity contribution in [2.75, 3.05) is 13.1 Å². The summed E-state index contributed by atoms with van der Waals surface area (Å²) in [5, 5.41) is 0. The fourth-order valence-corrected chi connectivity index (χ4v) is 2.73. The summed E-state index contributed by atoms with van der Waals surface area (Å²) in [4.78, 5) is 16.0. The molecule has 0 N–H and O–H groups in total. The number of nitrogens with zero attached hydrogens (tertiary/aromatic N) is 1. The molecule has 1 amide bonds. The lowest BCUT2D eigenvalue weighted by atomic mass is 10.2. The topological polar surface area (TPSA) is 20.3 Å². The molecule has 0 aliphatic carbocycles. The highest BCUT2D eigenvalue weighted by Crippen LogP contribution is 2.24. The van der Waals surface area contributed by atoms with E-state index in [0.29, 0.717) is 0 Å². The Balaban J connectivity index is 2.18. The highest BCUT2D eigenvalue weighted by Gasteiger charge is 2.23. The Bertz CT molecular complexity index is 352. The third-order valence-corrected chi connectivity index (χ3v) is 3.84. The normalized spacial score (nSPS) is 15.4. The SMILES string of the molecule is CCc1cc(C(=O)N2CCC2)sc1C. The number of likely N-dealkylation sites (tertiary alicyclic amines) is 1. The van der Waals surface area contributed by atoms with Gasteiger partial charge in [-0.15, -0.1) is 11.3 Å². The van der Waals surface area contributed by atoms with Crippen molar-refractivity contribution in [3.8, 4) is 0 Å². The van der Waals surface area contributed by atoms with Gasteiger partial charge in [0, 0.05) is 18.0 Å². The van der Waals surface area contributed by atoms with Crippen molar-refractivity contribution in [2.45, 2.75) is 26.7 Å². The third kappa shape index (κ3) is 1.57. The number of thiophene rings is 1. The molecule has 2 heterocycles. The zero-order valence-electron chi connectivity index (χ0n) is 8.67. The molecule has 0 unspecified atom stereocenters. The van der Waals surface area contributed by atoms with Crippen molar-refractivity contribution in [1.29, 1.82) is 0 Å². The molecule has 76 valence electrons. The molecule has 0 bridgehead atoms. The van der Waals surface area contributed by atoms with Crippen LogP contribution in [-0.2, 0) is 6.42 Å². The predicted molar refractivity (Wildman–Crippen MR) is 59.0 cm³/mol. The van der Waals surface area contributed by atoms with Gasteiger partial charge in [0.1, 0.15) is 0 Å². The van der Waals surface area contributed by atoms with Gasteiger partial charge in [-0.25, -0.2) is 0 Å². The summed E-state index contributed by atoms with van der Waals surface area (Å²) >= 11 is 1.63. The number of amides is 1. The van der Waals surface area contributed by atoms with Crippen molar-refractivity contribution in [3.05, 3.63) is 21.4 Å². The average Bonchev–Trinajstić information content (AvgIpc) is 2.43. The molecule has 3 heteroatoms. The lowest BCUT2D eigenvalue weighted by Gasteiger charge is -2.30. The molecule has 0 spiro atoms. The summed E-state index contributed by atoms with van der Waals surface area (Å²) in [6.45, 7) is 6.11. The average molecular weight is 209 g/mol. The van der Waals surface area contributed by atoms with Crippen LogP contribution in [0.2, 0.25) is 0 Å². The molecule has 1 fully saturated rings. The maximum Gasteiger partial charge on any atom is 0.263 e. The van der Waals surface area contributed by atoms with Gasteiger partial charge in [0.05, 0.1) is 4.88 Å². The van der Waals surface area contributed by atoms with Gasteiger partial charge in [0.25, 0.3) is 5.91 Å². The molecular formula is C11H15NOS. The van der Waals surface area contributed by atoms with Gasteiger partial charge in [-0.1, -0.05) is 6.92 Å². The van der Waals surface area contributed by atoms with Crippen LogP contribution in [0, 0.1) is 6.92 Å². The van der Waals surface area contributed by atoms with Gasteiger partial charge in [-0.3, -0.25) is 4.79 Å². The smallest absolute Gasteiger partial charge is 0.263 e. The number of rotatable bonds is 2. The molecule has 1 aromatic heterocycles. The minimum atomic E-state index is 0.226. The first kappa shape index (κ1) is 9.71. The second-order valence-electron chi connectivity index (χ2n) is 3.69. The fourth-order valence-electron chi connectivity index (χ4n) is 1.65. The van der Waals surface area contributed by atoms with Crippen LogP contribution in [0.4, 0.5) is 0 Å². The maximum absolute atomic E-state index is 11.8. The highest BCUT2D eigenvalue weighted by atomic mass is 32.1. The monoisotopic (exact) mass is 209 g/mol. The Kier molecular flexibility index (Phi) is 2.59. The van der Waals surface area contributed by atoms with Crippen LogP contribution in [0.3, 0.4) is 0 Å². The van der Waals surface area contributed by atoms with Crippen LogP contribution < -0.4 is 0 Å². The molecule has 0 saturated carbocycles. The Morgan fingerprint density at radius 3 is 2.71 bits per heavy atom. The summed E-state index contributed by atoms with van der Waals surface area (Å²) in [6, 6.07) is 2.06.